The van der Waals surface area contributed by atoms with Gasteiger partial charge >= 0.3 is 5.97 Å². The molecule has 3 aromatic carbocycles. The number of nitrogens with one attached hydrogen (secondary N) is 1. The largest absolute Gasteiger partial charge is 0.483 e. The van der Waals surface area contributed by atoms with Crippen LogP contribution in [0, 0.1) is 0 Å². The first-order valence-electron chi connectivity index (χ1n) is 8.99. The normalized spacial score (nSPS) is 10.8. The van der Waals surface area contributed by atoms with Crippen LogP contribution in [-0.2, 0) is 4.79 Å². The maximum Gasteiger partial charge on any atom is 0.343 e. The van der Waals surface area contributed by atoms with Crippen molar-refractivity contribution >= 4 is 77.5 Å². The van der Waals surface area contributed by atoms with E-state index < -0.39 is 11.9 Å². The van der Waals surface area contributed by atoms with E-state index in [9.17, 15) is 9.59 Å². The Morgan fingerprint density at radius 3 is 2.34 bits per heavy atom. The van der Waals surface area contributed by atoms with E-state index in [2.05, 4.69) is 58.3 Å². The second kappa shape index (κ2) is 11.6. The van der Waals surface area contributed by atoms with Gasteiger partial charge in [0.25, 0.3) is 5.91 Å². The maximum absolute atomic E-state index is 12.4. The fourth-order valence-electron chi connectivity index (χ4n) is 2.40. The number of ether oxygens (including phenoxy) is 2. The van der Waals surface area contributed by atoms with Gasteiger partial charge < -0.3 is 9.47 Å². The molecule has 0 aliphatic carbocycles. The molecule has 0 bridgehead atoms. The monoisotopic (exact) mass is 642 g/mol. The van der Waals surface area contributed by atoms with Gasteiger partial charge in [-0.3, -0.25) is 4.79 Å². The Morgan fingerprint density at radius 1 is 0.938 bits per heavy atom. The number of carbonyl (C=O) groups excluding carboxylic acids is 2. The van der Waals surface area contributed by atoms with E-state index in [0.29, 0.717) is 32.1 Å². The van der Waals surface area contributed by atoms with Crippen LogP contribution >= 0.6 is 59.4 Å². The Balaban J connectivity index is 1.62. The SMILES string of the molecule is O=C(COc1ccc(Cl)cc1Br)NN=Cc1cc(Br)ccc1OC(=O)c1ccc(Br)cc1. The number of amides is 1. The number of hydrazone groups is 1. The van der Waals surface area contributed by atoms with E-state index in [1.807, 2.05) is 0 Å². The minimum absolute atomic E-state index is 0.249. The van der Waals surface area contributed by atoms with Gasteiger partial charge in [0, 0.05) is 19.5 Å². The molecule has 0 spiro atoms. The number of hydrogen-bond acceptors (Lipinski definition) is 5. The lowest BCUT2D eigenvalue weighted by Crippen LogP contribution is -2.24. The summed E-state index contributed by atoms with van der Waals surface area (Å²) in [5.74, 6) is -0.213. The van der Waals surface area contributed by atoms with Gasteiger partial charge in [0.05, 0.1) is 16.3 Å². The van der Waals surface area contributed by atoms with Crippen LogP contribution in [0.25, 0.3) is 0 Å². The van der Waals surface area contributed by atoms with Crippen LogP contribution in [0.4, 0.5) is 0 Å². The molecule has 0 fully saturated rings. The fourth-order valence-corrected chi connectivity index (χ4v) is 3.84. The summed E-state index contributed by atoms with van der Waals surface area (Å²) in [5, 5.41) is 4.47. The summed E-state index contributed by atoms with van der Waals surface area (Å²) in [5.41, 5.74) is 3.27. The quantitative estimate of drug-likeness (QED) is 0.140. The van der Waals surface area contributed by atoms with Crippen LogP contribution in [0.5, 0.6) is 11.5 Å². The minimum atomic E-state index is -0.513. The number of nitrogens with zero attached hydrogens (tertiary/aromatic N) is 1. The molecule has 1 N–H and O–H groups in total. The van der Waals surface area contributed by atoms with Crippen molar-refractivity contribution in [3.05, 3.63) is 90.2 Å². The highest BCUT2D eigenvalue weighted by Gasteiger charge is 2.12. The van der Waals surface area contributed by atoms with Gasteiger partial charge in [0.1, 0.15) is 11.5 Å². The van der Waals surface area contributed by atoms with E-state index in [1.165, 1.54) is 6.21 Å². The third kappa shape index (κ3) is 7.16. The van der Waals surface area contributed by atoms with Crippen molar-refractivity contribution in [2.24, 2.45) is 5.10 Å². The van der Waals surface area contributed by atoms with Crippen molar-refractivity contribution in [1.29, 1.82) is 0 Å². The molecular weight excluding hydrogens is 631 g/mol. The highest BCUT2D eigenvalue weighted by atomic mass is 79.9. The average Bonchev–Trinajstić information content (AvgIpc) is 2.75. The lowest BCUT2D eigenvalue weighted by Gasteiger charge is -2.09. The molecule has 0 saturated carbocycles. The number of esters is 1. The predicted molar refractivity (Wildman–Crippen MR) is 134 cm³/mol. The Kier molecular flexibility index (Phi) is 8.86. The van der Waals surface area contributed by atoms with Crippen LogP contribution in [-0.4, -0.2) is 24.7 Å². The van der Waals surface area contributed by atoms with Crippen molar-refractivity contribution < 1.29 is 19.1 Å². The summed E-state index contributed by atoms with van der Waals surface area (Å²) >= 11 is 15.9. The van der Waals surface area contributed by atoms with E-state index >= 15 is 0 Å². The number of rotatable bonds is 7. The summed E-state index contributed by atoms with van der Waals surface area (Å²) < 4.78 is 13.2. The van der Waals surface area contributed by atoms with Gasteiger partial charge in [-0.15, -0.1) is 0 Å². The lowest BCUT2D eigenvalue weighted by atomic mass is 10.2. The van der Waals surface area contributed by atoms with Gasteiger partial charge in [-0.1, -0.05) is 43.5 Å². The average molecular weight is 646 g/mol. The Bertz CT molecular complexity index is 1170. The molecule has 164 valence electrons. The van der Waals surface area contributed by atoms with Gasteiger partial charge in [-0.25, -0.2) is 10.2 Å². The summed E-state index contributed by atoms with van der Waals surface area (Å²) in [6.45, 7) is -0.249. The molecule has 0 unspecified atom stereocenters. The topological polar surface area (TPSA) is 77.0 Å². The predicted octanol–water partition coefficient (Wildman–Crippen LogP) is 6.38. The molecule has 0 radical (unpaired) electrons. The highest BCUT2D eigenvalue weighted by molar-refractivity contribution is 9.11. The minimum Gasteiger partial charge on any atom is -0.483 e. The Hall–Kier alpha value is -2.20. The molecule has 0 heterocycles. The van der Waals surface area contributed by atoms with E-state index in [4.69, 9.17) is 21.1 Å². The second-order valence-electron chi connectivity index (χ2n) is 6.24. The summed E-state index contributed by atoms with van der Waals surface area (Å²) in [6, 6.07) is 16.8. The zero-order valence-corrected chi connectivity index (χ0v) is 21.7. The first-order chi connectivity index (χ1) is 15.3. The molecule has 1 amide bonds. The van der Waals surface area contributed by atoms with Crippen LogP contribution in [0.15, 0.2) is 79.2 Å². The first kappa shape index (κ1) is 24.4. The maximum atomic E-state index is 12.4. The van der Waals surface area contributed by atoms with Crippen molar-refractivity contribution in [3.8, 4) is 11.5 Å². The summed E-state index contributed by atoms with van der Waals surface area (Å²) in [7, 11) is 0. The molecule has 0 aliphatic heterocycles. The fraction of sp³-hybridized carbons (Fsp3) is 0.0455. The smallest absolute Gasteiger partial charge is 0.343 e. The lowest BCUT2D eigenvalue weighted by molar-refractivity contribution is -0.123. The molecular formula is C22H14Br3ClN2O4. The van der Waals surface area contributed by atoms with Crippen LogP contribution in [0.1, 0.15) is 15.9 Å². The van der Waals surface area contributed by atoms with Gasteiger partial charge in [0.15, 0.2) is 6.61 Å². The van der Waals surface area contributed by atoms with Crippen molar-refractivity contribution in [2.45, 2.75) is 0 Å². The Labute approximate surface area is 214 Å². The third-order valence-electron chi connectivity index (χ3n) is 3.90. The van der Waals surface area contributed by atoms with Gasteiger partial charge in [0.2, 0.25) is 0 Å². The number of hydrogen-bond donors (Lipinski definition) is 1. The highest BCUT2D eigenvalue weighted by Crippen LogP contribution is 2.28. The molecule has 3 aromatic rings. The second-order valence-corrected chi connectivity index (χ2v) is 9.36. The van der Waals surface area contributed by atoms with Crippen molar-refractivity contribution in [3.63, 3.8) is 0 Å². The van der Waals surface area contributed by atoms with Gasteiger partial charge in [-0.2, -0.15) is 5.10 Å². The summed E-state index contributed by atoms with van der Waals surface area (Å²) in [6.07, 6.45) is 1.38. The van der Waals surface area contributed by atoms with Crippen LogP contribution in [0.2, 0.25) is 5.02 Å². The molecule has 3 rings (SSSR count). The molecule has 0 aliphatic rings. The van der Waals surface area contributed by atoms with E-state index in [1.54, 1.807) is 60.7 Å². The van der Waals surface area contributed by atoms with E-state index in [-0.39, 0.29) is 6.61 Å². The van der Waals surface area contributed by atoms with Crippen molar-refractivity contribution in [1.82, 2.24) is 5.43 Å². The molecule has 6 nitrogen and oxygen atoms in total. The number of carbonyl (C=O) groups is 2. The molecule has 0 atom stereocenters. The zero-order valence-electron chi connectivity index (χ0n) is 16.2. The molecule has 32 heavy (non-hydrogen) atoms. The number of halogens is 4. The van der Waals surface area contributed by atoms with Crippen LogP contribution < -0.4 is 14.9 Å². The molecule has 0 aromatic heterocycles. The van der Waals surface area contributed by atoms with Crippen molar-refractivity contribution in [2.75, 3.05) is 6.61 Å². The molecule has 0 saturated heterocycles. The third-order valence-corrected chi connectivity index (χ3v) is 5.78. The standard InChI is InChI=1S/C22H14Br3ClN2O4/c23-15-3-1-13(2-4-15)22(30)32-19-7-5-16(24)9-14(19)11-27-28-21(29)12-31-20-8-6-17(26)10-18(20)25/h1-11H,12H2,(H,28,29). The van der Waals surface area contributed by atoms with E-state index in [0.717, 1.165) is 8.95 Å². The summed E-state index contributed by atoms with van der Waals surface area (Å²) in [4.78, 5) is 24.5. The first-order valence-corrected chi connectivity index (χ1v) is 11.7. The zero-order chi connectivity index (χ0) is 23.1. The number of benzene rings is 3. The van der Waals surface area contributed by atoms with Crippen LogP contribution in [0.3, 0.4) is 0 Å². The molecule has 10 heteroatoms. The van der Waals surface area contributed by atoms with Gasteiger partial charge in [-0.05, 0) is 76.6 Å². The Morgan fingerprint density at radius 2 is 1.62 bits per heavy atom.